The SMILES string of the molecule is C=CCSc1nnc(NC(=O)CSc2cc(C)ccc2C)s1. The number of aryl methyl sites for hydroxylation is 2. The van der Waals surface area contributed by atoms with Crippen LogP contribution in [0.25, 0.3) is 0 Å². The Morgan fingerprint density at radius 2 is 2.18 bits per heavy atom. The van der Waals surface area contributed by atoms with Gasteiger partial charge in [-0.05, 0) is 25.5 Å². The number of hydrogen-bond acceptors (Lipinski definition) is 6. The highest BCUT2D eigenvalue weighted by Crippen LogP contribution is 2.26. The molecule has 0 spiro atoms. The zero-order chi connectivity index (χ0) is 15.9. The fraction of sp³-hybridized carbons (Fsp3) is 0.267. The fourth-order valence-electron chi connectivity index (χ4n) is 1.61. The summed E-state index contributed by atoms with van der Waals surface area (Å²) in [5.41, 5.74) is 2.38. The van der Waals surface area contributed by atoms with Gasteiger partial charge in [-0.25, -0.2) is 0 Å². The number of nitrogens with one attached hydrogen (secondary N) is 1. The normalized spacial score (nSPS) is 10.5. The maximum absolute atomic E-state index is 12.0. The molecule has 2 rings (SSSR count). The van der Waals surface area contributed by atoms with Crippen LogP contribution in [0.4, 0.5) is 5.13 Å². The lowest BCUT2D eigenvalue weighted by atomic mass is 10.2. The minimum Gasteiger partial charge on any atom is -0.300 e. The van der Waals surface area contributed by atoms with E-state index in [1.165, 1.54) is 34.2 Å². The molecule has 0 fully saturated rings. The first-order valence-corrected chi connectivity index (χ1v) is 9.44. The van der Waals surface area contributed by atoms with E-state index in [1.807, 2.05) is 19.9 Å². The number of amides is 1. The molecule has 4 nitrogen and oxygen atoms in total. The molecule has 0 radical (unpaired) electrons. The molecular formula is C15H17N3OS3. The van der Waals surface area contributed by atoms with Crippen molar-refractivity contribution in [2.75, 3.05) is 16.8 Å². The van der Waals surface area contributed by atoms with E-state index in [-0.39, 0.29) is 5.91 Å². The highest BCUT2D eigenvalue weighted by Gasteiger charge is 2.09. The molecule has 0 aliphatic heterocycles. The number of benzene rings is 1. The second kappa shape index (κ2) is 8.36. The topological polar surface area (TPSA) is 54.9 Å². The van der Waals surface area contributed by atoms with Crippen molar-refractivity contribution >= 4 is 45.9 Å². The Kier molecular flexibility index (Phi) is 6.48. The third-order valence-electron chi connectivity index (χ3n) is 2.68. The number of carbonyl (C=O) groups excluding carboxylic acids is 1. The van der Waals surface area contributed by atoms with Gasteiger partial charge >= 0.3 is 0 Å². The van der Waals surface area contributed by atoms with Crippen molar-refractivity contribution in [3.05, 3.63) is 42.0 Å². The lowest BCUT2D eigenvalue weighted by Crippen LogP contribution is -2.13. The van der Waals surface area contributed by atoms with E-state index < -0.39 is 0 Å². The predicted octanol–water partition coefficient (Wildman–Crippen LogP) is 4.16. The van der Waals surface area contributed by atoms with Crippen LogP contribution in [0.15, 0.2) is 40.1 Å². The Morgan fingerprint density at radius 3 is 2.95 bits per heavy atom. The minimum absolute atomic E-state index is 0.0673. The van der Waals surface area contributed by atoms with Crippen molar-refractivity contribution in [2.45, 2.75) is 23.1 Å². The molecular weight excluding hydrogens is 334 g/mol. The minimum atomic E-state index is -0.0673. The average Bonchev–Trinajstić information content (AvgIpc) is 2.93. The Balaban J connectivity index is 1.86. The van der Waals surface area contributed by atoms with Gasteiger partial charge in [0.2, 0.25) is 11.0 Å². The zero-order valence-electron chi connectivity index (χ0n) is 12.5. The van der Waals surface area contributed by atoms with Gasteiger partial charge in [-0.1, -0.05) is 46.9 Å². The summed E-state index contributed by atoms with van der Waals surface area (Å²) in [4.78, 5) is 13.1. The van der Waals surface area contributed by atoms with Crippen molar-refractivity contribution in [3.8, 4) is 0 Å². The molecule has 22 heavy (non-hydrogen) atoms. The number of hydrogen-bond donors (Lipinski definition) is 1. The van der Waals surface area contributed by atoms with Gasteiger partial charge in [0.05, 0.1) is 5.75 Å². The Morgan fingerprint density at radius 1 is 1.36 bits per heavy atom. The predicted molar refractivity (Wildman–Crippen MR) is 96.1 cm³/mol. The van der Waals surface area contributed by atoms with Gasteiger partial charge in [-0.3, -0.25) is 10.1 Å². The first-order valence-electron chi connectivity index (χ1n) is 6.65. The van der Waals surface area contributed by atoms with Crippen molar-refractivity contribution in [3.63, 3.8) is 0 Å². The van der Waals surface area contributed by atoms with Crippen molar-refractivity contribution in [1.82, 2.24) is 10.2 Å². The van der Waals surface area contributed by atoms with Gasteiger partial charge in [-0.2, -0.15) is 0 Å². The summed E-state index contributed by atoms with van der Waals surface area (Å²) in [6, 6.07) is 6.24. The number of thioether (sulfide) groups is 2. The molecule has 1 amide bonds. The van der Waals surface area contributed by atoms with Crippen LogP contribution < -0.4 is 5.32 Å². The van der Waals surface area contributed by atoms with Crippen LogP contribution >= 0.6 is 34.9 Å². The zero-order valence-corrected chi connectivity index (χ0v) is 14.9. The molecule has 0 atom stereocenters. The van der Waals surface area contributed by atoms with Crippen LogP contribution in [-0.2, 0) is 4.79 Å². The summed E-state index contributed by atoms with van der Waals surface area (Å²) < 4.78 is 0.831. The number of rotatable bonds is 7. The van der Waals surface area contributed by atoms with Crippen molar-refractivity contribution in [1.29, 1.82) is 0 Å². The fourth-order valence-corrected chi connectivity index (χ4v) is 4.06. The molecule has 1 heterocycles. The number of nitrogens with zero attached hydrogens (tertiary/aromatic N) is 2. The quantitative estimate of drug-likeness (QED) is 0.461. The maximum Gasteiger partial charge on any atom is 0.236 e. The monoisotopic (exact) mass is 351 g/mol. The van der Waals surface area contributed by atoms with Crippen LogP contribution in [-0.4, -0.2) is 27.6 Å². The first-order chi connectivity index (χ1) is 10.6. The van der Waals surface area contributed by atoms with E-state index in [9.17, 15) is 4.79 Å². The Labute approximate surface area is 142 Å². The molecule has 1 aromatic heterocycles. The van der Waals surface area contributed by atoms with Gasteiger partial charge in [0.25, 0.3) is 0 Å². The molecule has 0 bridgehead atoms. The molecule has 0 saturated carbocycles. The molecule has 2 aromatic rings. The molecule has 7 heteroatoms. The summed E-state index contributed by atoms with van der Waals surface area (Å²) >= 11 is 4.47. The summed E-state index contributed by atoms with van der Waals surface area (Å²) in [5, 5.41) is 11.3. The highest BCUT2D eigenvalue weighted by atomic mass is 32.2. The smallest absolute Gasteiger partial charge is 0.236 e. The van der Waals surface area contributed by atoms with Gasteiger partial charge in [0, 0.05) is 10.6 Å². The molecule has 1 N–H and O–H groups in total. The Hall–Kier alpha value is -1.31. The van der Waals surface area contributed by atoms with E-state index in [0.717, 1.165) is 15.0 Å². The second-order valence-corrected chi connectivity index (χ2v) is 7.84. The largest absolute Gasteiger partial charge is 0.300 e. The molecule has 0 unspecified atom stereocenters. The van der Waals surface area contributed by atoms with Crippen LogP contribution in [0, 0.1) is 13.8 Å². The third kappa shape index (κ3) is 5.15. The summed E-state index contributed by atoms with van der Waals surface area (Å²) in [6.07, 6.45) is 1.81. The number of aromatic nitrogens is 2. The van der Waals surface area contributed by atoms with Crippen LogP contribution in [0.2, 0.25) is 0 Å². The van der Waals surface area contributed by atoms with E-state index in [1.54, 1.807) is 11.8 Å². The Bertz CT molecular complexity index is 670. The molecule has 0 aliphatic carbocycles. The maximum atomic E-state index is 12.0. The highest BCUT2D eigenvalue weighted by molar-refractivity contribution is 8.01. The molecule has 0 aliphatic rings. The average molecular weight is 352 g/mol. The number of carbonyl (C=O) groups is 1. The van der Waals surface area contributed by atoms with Crippen molar-refractivity contribution < 1.29 is 4.79 Å². The third-order valence-corrected chi connectivity index (χ3v) is 5.81. The lowest BCUT2D eigenvalue weighted by molar-refractivity contribution is -0.113. The van der Waals surface area contributed by atoms with Crippen LogP contribution in [0.5, 0.6) is 0 Å². The molecule has 0 saturated heterocycles. The summed E-state index contributed by atoms with van der Waals surface area (Å²) in [5.74, 6) is 1.08. The van der Waals surface area contributed by atoms with E-state index in [0.29, 0.717) is 10.9 Å². The molecule has 116 valence electrons. The van der Waals surface area contributed by atoms with Crippen molar-refractivity contribution in [2.24, 2.45) is 0 Å². The van der Waals surface area contributed by atoms with Crippen LogP contribution in [0.3, 0.4) is 0 Å². The molecule has 1 aromatic carbocycles. The van der Waals surface area contributed by atoms with E-state index in [4.69, 9.17) is 0 Å². The lowest BCUT2D eigenvalue weighted by Gasteiger charge is -2.06. The van der Waals surface area contributed by atoms with Gasteiger partial charge in [-0.15, -0.1) is 28.5 Å². The summed E-state index contributed by atoms with van der Waals surface area (Å²) in [6.45, 7) is 7.76. The van der Waals surface area contributed by atoms with E-state index >= 15 is 0 Å². The van der Waals surface area contributed by atoms with Gasteiger partial charge in [0.1, 0.15) is 0 Å². The summed E-state index contributed by atoms with van der Waals surface area (Å²) in [7, 11) is 0. The van der Waals surface area contributed by atoms with Gasteiger partial charge in [0.15, 0.2) is 4.34 Å². The second-order valence-electron chi connectivity index (χ2n) is 4.58. The first kappa shape index (κ1) is 17.1. The van der Waals surface area contributed by atoms with Gasteiger partial charge < -0.3 is 0 Å². The van der Waals surface area contributed by atoms with Crippen LogP contribution in [0.1, 0.15) is 11.1 Å². The number of anilines is 1. The standard InChI is InChI=1S/C15H17N3OS3/c1-4-7-20-15-18-17-14(22-15)16-13(19)9-21-12-8-10(2)5-6-11(12)3/h4-6,8H,1,7,9H2,2-3H3,(H,16,17,19). The van der Waals surface area contributed by atoms with E-state index in [2.05, 4.69) is 40.3 Å².